The number of carbonyl (C=O) groups is 1. The van der Waals surface area contributed by atoms with Gasteiger partial charge in [-0.1, -0.05) is 0 Å². The number of hydrogen-bond acceptors (Lipinski definition) is 5. The number of nitrogens with two attached hydrogens (primary N) is 1. The van der Waals surface area contributed by atoms with Crippen molar-refractivity contribution in [3.63, 3.8) is 0 Å². The summed E-state index contributed by atoms with van der Waals surface area (Å²) in [6, 6.07) is 3.92. The molecule has 1 heterocycles. The molecule has 0 saturated carbocycles. The van der Waals surface area contributed by atoms with Gasteiger partial charge < -0.3 is 10.5 Å². The molecule has 0 aromatic carbocycles. The number of halogens is 1. The van der Waals surface area contributed by atoms with E-state index in [9.17, 15) is 4.79 Å². The van der Waals surface area contributed by atoms with E-state index in [4.69, 9.17) is 10.5 Å². The zero-order valence-electron chi connectivity index (χ0n) is 11.2. The van der Waals surface area contributed by atoms with E-state index in [1.165, 1.54) is 0 Å². The van der Waals surface area contributed by atoms with Gasteiger partial charge in [0.25, 0.3) is 0 Å². The number of ether oxygens (including phenoxy) is 1. The number of nitrogens with zero attached hydrogens (tertiary/aromatic N) is 1. The predicted octanol–water partition coefficient (Wildman–Crippen LogP) is 3.00. The Labute approximate surface area is 126 Å². The Morgan fingerprint density at radius 1 is 1.58 bits per heavy atom. The van der Waals surface area contributed by atoms with Crippen LogP contribution in [0, 0.1) is 0 Å². The number of pyridine rings is 1. The first kappa shape index (κ1) is 16.5. The molecule has 0 bridgehead atoms. The maximum absolute atomic E-state index is 11.6. The van der Waals surface area contributed by atoms with E-state index in [0.717, 1.165) is 21.7 Å². The lowest BCUT2D eigenvalue weighted by Crippen LogP contribution is -2.46. The summed E-state index contributed by atoms with van der Waals surface area (Å²) in [7, 11) is 0. The molecule has 19 heavy (non-hydrogen) atoms. The van der Waals surface area contributed by atoms with E-state index in [-0.39, 0.29) is 5.97 Å². The van der Waals surface area contributed by atoms with Crippen molar-refractivity contribution in [2.24, 2.45) is 5.73 Å². The van der Waals surface area contributed by atoms with Crippen LogP contribution in [0.15, 0.2) is 27.8 Å². The normalized spacial score (nSPS) is 13.9. The average molecular weight is 347 g/mol. The van der Waals surface area contributed by atoms with Crippen LogP contribution >= 0.6 is 27.7 Å². The Kier molecular flexibility index (Phi) is 6.82. The van der Waals surface area contributed by atoms with Crippen LogP contribution in [0.5, 0.6) is 0 Å². The predicted molar refractivity (Wildman–Crippen MR) is 81.1 cm³/mol. The van der Waals surface area contributed by atoms with E-state index in [1.54, 1.807) is 31.8 Å². The van der Waals surface area contributed by atoms with E-state index in [0.29, 0.717) is 13.0 Å². The lowest BCUT2D eigenvalue weighted by atomic mass is 9.98. The number of carbonyl (C=O) groups excluding carboxylic acids is 1. The van der Waals surface area contributed by atoms with E-state index in [2.05, 4.69) is 20.9 Å². The third kappa shape index (κ3) is 5.93. The second-order valence-corrected chi connectivity index (χ2v) is 6.44. The molecule has 0 aliphatic carbocycles. The summed E-state index contributed by atoms with van der Waals surface area (Å²) in [6.45, 7) is 3.86. The first-order valence-corrected chi connectivity index (χ1v) is 7.94. The highest BCUT2D eigenvalue weighted by Gasteiger charge is 2.29. The molecule has 6 heteroatoms. The first-order valence-electron chi connectivity index (χ1n) is 6.16. The van der Waals surface area contributed by atoms with Crippen molar-refractivity contribution in [1.29, 1.82) is 0 Å². The molecular formula is C13H19BrN2O2S. The standard InChI is InChI=1S/C13H19BrN2O2S/c1-3-18-12(17)13(2,15)7-4-8-19-11-6-5-10(14)9-16-11/h5-6,9H,3-4,7-8,15H2,1-2H3. The van der Waals surface area contributed by atoms with Crippen LogP contribution in [0.3, 0.4) is 0 Å². The third-order valence-corrected chi connectivity index (χ3v) is 4.03. The third-order valence-electron chi connectivity index (χ3n) is 2.53. The van der Waals surface area contributed by atoms with Crippen LogP contribution in [-0.4, -0.2) is 28.9 Å². The minimum absolute atomic E-state index is 0.332. The molecule has 106 valence electrons. The van der Waals surface area contributed by atoms with Crippen molar-refractivity contribution in [2.75, 3.05) is 12.4 Å². The number of aromatic nitrogens is 1. The van der Waals surface area contributed by atoms with Crippen LogP contribution < -0.4 is 5.73 Å². The van der Waals surface area contributed by atoms with Gasteiger partial charge in [0.2, 0.25) is 0 Å². The van der Waals surface area contributed by atoms with Gasteiger partial charge in [-0.25, -0.2) is 4.98 Å². The summed E-state index contributed by atoms with van der Waals surface area (Å²) in [5.41, 5.74) is 5.04. The van der Waals surface area contributed by atoms with Crippen molar-refractivity contribution >= 4 is 33.7 Å². The zero-order chi connectivity index (χ0) is 14.3. The Bertz CT molecular complexity index is 410. The largest absolute Gasteiger partial charge is 0.465 e. The maximum atomic E-state index is 11.6. The summed E-state index contributed by atoms with van der Waals surface area (Å²) in [4.78, 5) is 15.9. The smallest absolute Gasteiger partial charge is 0.325 e. The molecule has 1 aromatic rings. The van der Waals surface area contributed by atoms with Crippen LogP contribution in [0.1, 0.15) is 26.7 Å². The minimum Gasteiger partial charge on any atom is -0.465 e. The Balaban J connectivity index is 2.30. The molecule has 1 unspecified atom stereocenters. The van der Waals surface area contributed by atoms with Crippen molar-refractivity contribution < 1.29 is 9.53 Å². The number of esters is 1. The van der Waals surface area contributed by atoms with Crippen LogP contribution in [0.4, 0.5) is 0 Å². The molecule has 1 rings (SSSR count). The summed E-state index contributed by atoms with van der Waals surface area (Å²) >= 11 is 5.00. The highest BCUT2D eigenvalue weighted by molar-refractivity contribution is 9.10. The zero-order valence-corrected chi connectivity index (χ0v) is 13.6. The van der Waals surface area contributed by atoms with E-state index >= 15 is 0 Å². The lowest BCUT2D eigenvalue weighted by Gasteiger charge is -2.21. The van der Waals surface area contributed by atoms with Crippen molar-refractivity contribution in [1.82, 2.24) is 4.98 Å². The molecule has 2 N–H and O–H groups in total. The second kappa shape index (κ2) is 7.87. The van der Waals surface area contributed by atoms with Gasteiger partial charge in [0.05, 0.1) is 11.6 Å². The van der Waals surface area contributed by atoms with Gasteiger partial charge in [-0.3, -0.25) is 4.79 Å². The Morgan fingerprint density at radius 2 is 2.32 bits per heavy atom. The topological polar surface area (TPSA) is 65.2 Å². The molecule has 0 fully saturated rings. The summed E-state index contributed by atoms with van der Waals surface area (Å²) < 4.78 is 5.91. The first-order chi connectivity index (χ1) is 8.95. The van der Waals surface area contributed by atoms with Crippen molar-refractivity contribution in [3.8, 4) is 0 Å². The fraction of sp³-hybridized carbons (Fsp3) is 0.538. The van der Waals surface area contributed by atoms with Crippen molar-refractivity contribution in [2.45, 2.75) is 37.3 Å². The monoisotopic (exact) mass is 346 g/mol. The number of rotatable bonds is 7. The van der Waals surface area contributed by atoms with E-state index in [1.807, 2.05) is 12.1 Å². The molecule has 0 aliphatic rings. The summed E-state index contributed by atoms with van der Waals surface area (Å²) in [5, 5.41) is 0.970. The molecule has 0 aliphatic heterocycles. The van der Waals surface area contributed by atoms with E-state index < -0.39 is 5.54 Å². The van der Waals surface area contributed by atoms with Gasteiger partial charge in [0.15, 0.2) is 0 Å². The molecule has 0 saturated heterocycles. The molecule has 0 radical (unpaired) electrons. The second-order valence-electron chi connectivity index (χ2n) is 4.40. The number of hydrogen-bond donors (Lipinski definition) is 1. The molecule has 0 amide bonds. The van der Waals surface area contributed by atoms with Gasteiger partial charge in [0.1, 0.15) is 5.54 Å². The molecule has 0 spiro atoms. The van der Waals surface area contributed by atoms with Gasteiger partial charge >= 0.3 is 5.97 Å². The minimum atomic E-state index is -0.899. The highest BCUT2D eigenvalue weighted by atomic mass is 79.9. The quantitative estimate of drug-likeness (QED) is 0.467. The highest BCUT2D eigenvalue weighted by Crippen LogP contribution is 2.20. The lowest BCUT2D eigenvalue weighted by molar-refractivity contribution is -0.149. The van der Waals surface area contributed by atoms with Gasteiger partial charge in [0, 0.05) is 10.7 Å². The molecule has 4 nitrogen and oxygen atoms in total. The Morgan fingerprint density at radius 3 is 2.89 bits per heavy atom. The van der Waals surface area contributed by atoms with Crippen LogP contribution in [-0.2, 0) is 9.53 Å². The molecule has 1 atom stereocenters. The van der Waals surface area contributed by atoms with Crippen LogP contribution in [0.2, 0.25) is 0 Å². The van der Waals surface area contributed by atoms with Crippen LogP contribution in [0.25, 0.3) is 0 Å². The Hall–Kier alpha value is -0.590. The maximum Gasteiger partial charge on any atom is 0.325 e. The van der Waals surface area contributed by atoms with Gasteiger partial charge in [-0.2, -0.15) is 0 Å². The average Bonchev–Trinajstić information content (AvgIpc) is 2.37. The van der Waals surface area contributed by atoms with Gasteiger partial charge in [-0.05, 0) is 60.5 Å². The molecule has 1 aromatic heterocycles. The molecular weight excluding hydrogens is 328 g/mol. The number of thioether (sulfide) groups is 1. The summed E-state index contributed by atoms with van der Waals surface area (Å²) in [6.07, 6.45) is 3.22. The fourth-order valence-corrected chi connectivity index (χ4v) is 2.49. The summed E-state index contributed by atoms with van der Waals surface area (Å²) in [5.74, 6) is 0.544. The fourth-order valence-electron chi connectivity index (χ4n) is 1.46. The van der Waals surface area contributed by atoms with Crippen molar-refractivity contribution in [3.05, 3.63) is 22.8 Å². The SMILES string of the molecule is CCOC(=O)C(C)(N)CCCSc1ccc(Br)cn1. The van der Waals surface area contributed by atoms with Gasteiger partial charge in [-0.15, -0.1) is 11.8 Å².